The molecule has 2 nitrogen and oxygen atoms in total. The molecule has 1 heterocycles. The van der Waals surface area contributed by atoms with Gasteiger partial charge in [0.2, 0.25) is 0 Å². The Morgan fingerprint density at radius 1 is 1.22 bits per heavy atom. The Balaban J connectivity index is 2.04. The highest BCUT2D eigenvalue weighted by Gasteiger charge is 2.20. The predicted molar refractivity (Wildman–Crippen MR) is 102 cm³/mol. The number of nitrogens with zero attached hydrogens (tertiary/aromatic N) is 1. The standard InChI is InChI=1S/C21H32N2/c1-4-8-19-9-5-6-10-20(19)11-7-16-23(17-18(2)3)21-12-14-22-15-13-21/h4-6,8-11,18,21-22H,1,7,12-17H2,2-3H3/b19-8-,20-11-. The zero-order valence-corrected chi connectivity index (χ0v) is 14.8. The van der Waals surface area contributed by atoms with Crippen molar-refractivity contribution in [1.29, 1.82) is 0 Å². The summed E-state index contributed by atoms with van der Waals surface area (Å²) in [5, 5.41) is 6.06. The number of rotatable bonds is 7. The molecule has 1 saturated heterocycles. The zero-order valence-electron chi connectivity index (χ0n) is 14.8. The summed E-state index contributed by atoms with van der Waals surface area (Å²) >= 11 is 0. The van der Waals surface area contributed by atoms with Crippen LogP contribution in [0.25, 0.3) is 12.2 Å². The number of piperidine rings is 1. The van der Waals surface area contributed by atoms with Crippen molar-refractivity contribution < 1.29 is 0 Å². The maximum Gasteiger partial charge on any atom is 0.0120 e. The normalized spacial score (nSPS) is 18.1. The molecule has 1 aromatic rings. The highest BCUT2D eigenvalue weighted by Crippen LogP contribution is 2.14. The first-order chi connectivity index (χ1) is 11.2. The van der Waals surface area contributed by atoms with E-state index in [2.05, 4.69) is 67.1 Å². The van der Waals surface area contributed by atoms with Crippen molar-refractivity contribution in [3.63, 3.8) is 0 Å². The summed E-state index contributed by atoms with van der Waals surface area (Å²) in [6.07, 6.45) is 10.0. The summed E-state index contributed by atoms with van der Waals surface area (Å²) < 4.78 is 0. The average molecular weight is 313 g/mol. The van der Waals surface area contributed by atoms with Gasteiger partial charge in [-0.25, -0.2) is 0 Å². The highest BCUT2D eigenvalue weighted by atomic mass is 15.2. The van der Waals surface area contributed by atoms with Gasteiger partial charge in [-0.05, 0) is 48.7 Å². The third-order valence-corrected chi connectivity index (χ3v) is 4.50. The molecule has 0 radical (unpaired) electrons. The molecular formula is C21H32N2. The van der Waals surface area contributed by atoms with E-state index in [1.165, 1.54) is 42.9 Å². The summed E-state index contributed by atoms with van der Waals surface area (Å²) in [4.78, 5) is 2.71. The van der Waals surface area contributed by atoms with Gasteiger partial charge in [0, 0.05) is 19.1 Å². The molecule has 1 aromatic carbocycles. The first kappa shape index (κ1) is 18.0. The lowest BCUT2D eigenvalue weighted by atomic mass is 10.0. The molecule has 1 aliphatic rings. The monoisotopic (exact) mass is 312 g/mol. The molecule has 0 atom stereocenters. The number of allylic oxidation sites excluding steroid dienone is 1. The Kier molecular flexibility index (Phi) is 7.57. The lowest BCUT2D eigenvalue weighted by Crippen LogP contribution is -2.45. The predicted octanol–water partition coefficient (Wildman–Crippen LogP) is 2.53. The lowest BCUT2D eigenvalue weighted by molar-refractivity contribution is 0.149. The molecule has 0 bridgehead atoms. The number of hydrogen-bond acceptors (Lipinski definition) is 2. The Hall–Kier alpha value is -1.38. The molecule has 126 valence electrons. The number of hydrogen-bond donors (Lipinski definition) is 1. The second-order valence-corrected chi connectivity index (χ2v) is 6.89. The van der Waals surface area contributed by atoms with E-state index in [-0.39, 0.29) is 0 Å². The molecule has 0 spiro atoms. The van der Waals surface area contributed by atoms with Crippen LogP contribution in [0.1, 0.15) is 33.1 Å². The van der Waals surface area contributed by atoms with Crippen LogP contribution in [-0.4, -0.2) is 37.1 Å². The largest absolute Gasteiger partial charge is 0.317 e. The van der Waals surface area contributed by atoms with Gasteiger partial charge in [0.05, 0.1) is 0 Å². The van der Waals surface area contributed by atoms with Crippen LogP contribution in [0.3, 0.4) is 0 Å². The maximum absolute atomic E-state index is 3.82. The molecule has 23 heavy (non-hydrogen) atoms. The Bertz CT molecular complexity index is 582. The van der Waals surface area contributed by atoms with E-state index in [1.54, 1.807) is 0 Å². The molecule has 2 heteroatoms. The Morgan fingerprint density at radius 2 is 1.91 bits per heavy atom. The first-order valence-electron chi connectivity index (χ1n) is 9.03. The van der Waals surface area contributed by atoms with Crippen LogP contribution in [0.15, 0.2) is 36.9 Å². The van der Waals surface area contributed by atoms with E-state index < -0.39 is 0 Å². The number of benzene rings is 1. The molecule has 0 aromatic heterocycles. The SMILES string of the molecule is C=C/C=c1/cccc/c1=C/CCN(CC(C)C)C1CCNCC1. The van der Waals surface area contributed by atoms with E-state index in [0.717, 1.165) is 24.9 Å². The molecule has 1 fully saturated rings. The van der Waals surface area contributed by atoms with Crippen molar-refractivity contribution in [1.82, 2.24) is 10.2 Å². The van der Waals surface area contributed by atoms with Crippen LogP contribution in [0.5, 0.6) is 0 Å². The zero-order chi connectivity index (χ0) is 16.5. The molecule has 0 amide bonds. The van der Waals surface area contributed by atoms with Gasteiger partial charge in [-0.3, -0.25) is 4.90 Å². The molecule has 0 unspecified atom stereocenters. The Labute approximate surface area is 141 Å². The van der Waals surface area contributed by atoms with Crippen LogP contribution in [-0.2, 0) is 0 Å². The van der Waals surface area contributed by atoms with Crippen LogP contribution in [0.2, 0.25) is 0 Å². The van der Waals surface area contributed by atoms with Crippen LogP contribution in [0, 0.1) is 5.92 Å². The third kappa shape index (κ3) is 5.96. The molecule has 1 aliphatic heterocycles. The lowest BCUT2D eigenvalue weighted by Gasteiger charge is -2.35. The summed E-state index contributed by atoms with van der Waals surface area (Å²) in [6.45, 7) is 13.2. The number of nitrogens with one attached hydrogen (secondary N) is 1. The van der Waals surface area contributed by atoms with E-state index in [4.69, 9.17) is 0 Å². The fourth-order valence-electron chi connectivity index (χ4n) is 3.43. The second kappa shape index (κ2) is 9.69. The second-order valence-electron chi connectivity index (χ2n) is 6.89. The third-order valence-electron chi connectivity index (χ3n) is 4.50. The fraction of sp³-hybridized carbons (Fsp3) is 0.524. The van der Waals surface area contributed by atoms with Gasteiger partial charge < -0.3 is 5.32 Å². The summed E-state index contributed by atoms with van der Waals surface area (Å²) in [5.74, 6) is 0.728. The first-order valence-corrected chi connectivity index (χ1v) is 9.03. The van der Waals surface area contributed by atoms with Crippen LogP contribution >= 0.6 is 0 Å². The summed E-state index contributed by atoms with van der Waals surface area (Å²) in [5.41, 5.74) is 0. The summed E-state index contributed by atoms with van der Waals surface area (Å²) in [6, 6.07) is 9.32. The van der Waals surface area contributed by atoms with Crippen LogP contribution < -0.4 is 15.8 Å². The topological polar surface area (TPSA) is 15.3 Å². The van der Waals surface area contributed by atoms with Crippen molar-refractivity contribution in [3.8, 4) is 0 Å². The van der Waals surface area contributed by atoms with Crippen LogP contribution in [0.4, 0.5) is 0 Å². The van der Waals surface area contributed by atoms with Crippen molar-refractivity contribution in [2.75, 3.05) is 26.2 Å². The minimum Gasteiger partial charge on any atom is -0.317 e. The quantitative estimate of drug-likeness (QED) is 0.832. The molecule has 2 rings (SSSR count). The van der Waals surface area contributed by atoms with Gasteiger partial charge in [0.25, 0.3) is 0 Å². The van der Waals surface area contributed by atoms with Gasteiger partial charge in [-0.15, -0.1) is 0 Å². The smallest absolute Gasteiger partial charge is 0.0120 e. The molecule has 0 saturated carbocycles. The summed E-state index contributed by atoms with van der Waals surface area (Å²) in [7, 11) is 0. The van der Waals surface area contributed by atoms with Crippen molar-refractivity contribution in [2.24, 2.45) is 5.92 Å². The fourth-order valence-corrected chi connectivity index (χ4v) is 3.43. The highest BCUT2D eigenvalue weighted by molar-refractivity contribution is 5.38. The molecular weight excluding hydrogens is 280 g/mol. The minimum atomic E-state index is 0.728. The molecule has 1 N–H and O–H groups in total. The van der Waals surface area contributed by atoms with E-state index in [0.29, 0.717) is 0 Å². The molecule has 0 aliphatic carbocycles. The Morgan fingerprint density at radius 3 is 2.57 bits per heavy atom. The van der Waals surface area contributed by atoms with Crippen molar-refractivity contribution >= 4 is 12.2 Å². The maximum atomic E-state index is 3.82. The van der Waals surface area contributed by atoms with E-state index in [1.807, 2.05) is 6.08 Å². The van der Waals surface area contributed by atoms with Gasteiger partial charge >= 0.3 is 0 Å². The van der Waals surface area contributed by atoms with Gasteiger partial charge in [-0.1, -0.05) is 62.9 Å². The van der Waals surface area contributed by atoms with Crippen molar-refractivity contribution in [3.05, 3.63) is 47.4 Å². The van der Waals surface area contributed by atoms with E-state index >= 15 is 0 Å². The van der Waals surface area contributed by atoms with Gasteiger partial charge in [0.1, 0.15) is 0 Å². The van der Waals surface area contributed by atoms with E-state index in [9.17, 15) is 0 Å². The van der Waals surface area contributed by atoms with Gasteiger partial charge in [0.15, 0.2) is 0 Å². The van der Waals surface area contributed by atoms with Gasteiger partial charge in [-0.2, -0.15) is 0 Å². The minimum absolute atomic E-state index is 0.728. The average Bonchev–Trinajstić information content (AvgIpc) is 2.56. The van der Waals surface area contributed by atoms with Crippen molar-refractivity contribution in [2.45, 2.75) is 39.2 Å².